The van der Waals surface area contributed by atoms with E-state index in [-0.39, 0.29) is 0 Å². The molecule has 1 aromatic rings. The molecule has 88 valence electrons. The molecule has 1 saturated heterocycles. The maximum absolute atomic E-state index is 6.18. The number of anilines is 2. The monoisotopic (exact) mass is 238 g/mol. The lowest BCUT2D eigenvalue weighted by molar-refractivity contribution is 0.195. The van der Waals surface area contributed by atoms with Crippen molar-refractivity contribution < 1.29 is 0 Å². The summed E-state index contributed by atoms with van der Waals surface area (Å²) in [7, 11) is 0. The molecule has 0 saturated carbocycles. The fourth-order valence-corrected chi connectivity index (χ4v) is 2.31. The zero-order chi connectivity index (χ0) is 11.9. The van der Waals surface area contributed by atoms with Gasteiger partial charge in [0.25, 0.3) is 0 Å². The third-order valence-corrected chi connectivity index (χ3v) is 3.72. The van der Waals surface area contributed by atoms with Crippen LogP contribution in [0.25, 0.3) is 0 Å². The van der Waals surface area contributed by atoms with Gasteiger partial charge in [0.1, 0.15) is 0 Å². The molecule has 1 aliphatic heterocycles. The summed E-state index contributed by atoms with van der Waals surface area (Å²) in [4.78, 5) is 2.32. The first-order chi connectivity index (χ1) is 7.38. The molecule has 0 bridgehead atoms. The Hall–Kier alpha value is -0.890. The van der Waals surface area contributed by atoms with Gasteiger partial charge < -0.3 is 10.6 Å². The van der Waals surface area contributed by atoms with Gasteiger partial charge in [-0.1, -0.05) is 32.4 Å². The normalized spacial score (nSPS) is 17.4. The summed E-state index contributed by atoms with van der Waals surface area (Å²) in [6.07, 6.45) is 0. The van der Waals surface area contributed by atoms with Gasteiger partial charge in [-0.15, -0.1) is 0 Å². The topological polar surface area (TPSA) is 29.3 Å². The van der Waals surface area contributed by atoms with E-state index in [1.807, 2.05) is 18.2 Å². The standard InChI is InChI=1S/C13H19ClN2/c1-13(2,3)9-7-16(8-9)12-5-4-10(15)6-11(12)14/h4-6,9H,7-8,15H2,1-3H3. The molecular formula is C13H19ClN2. The first kappa shape index (κ1) is 11.6. The van der Waals surface area contributed by atoms with E-state index in [0.717, 1.165) is 35.4 Å². The summed E-state index contributed by atoms with van der Waals surface area (Å²) in [5, 5.41) is 0.757. The van der Waals surface area contributed by atoms with Gasteiger partial charge in [0.2, 0.25) is 0 Å². The van der Waals surface area contributed by atoms with Crippen molar-refractivity contribution in [3.05, 3.63) is 23.2 Å². The number of nitrogen functional groups attached to an aromatic ring is 1. The van der Waals surface area contributed by atoms with Gasteiger partial charge in [0, 0.05) is 18.8 Å². The molecule has 0 spiro atoms. The average Bonchev–Trinajstić information content (AvgIpc) is 2.03. The lowest BCUT2D eigenvalue weighted by atomic mass is 9.76. The summed E-state index contributed by atoms with van der Waals surface area (Å²) >= 11 is 6.18. The summed E-state index contributed by atoms with van der Waals surface area (Å²) in [5.41, 5.74) is 7.90. The molecule has 2 N–H and O–H groups in total. The molecule has 2 nitrogen and oxygen atoms in total. The number of nitrogens with zero attached hydrogens (tertiary/aromatic N) is 1. The molecule has 1 aromatic carbocycles. The van der Waals surface area contributed by atoms with Crippen LogP contribution in [0.5, 0.6) is 0 Å². The lowest BCUT2D eigenvalue weighted by Crippen LogP contribution is -2.52. The van der Waals surface area contributed by atoms with E-state index in [1.165, 1.54) is 0 Å². The molecule has 1 aliphatic rings. The van der Waals surface area contributed by atoms with Gasteiger partial charge in [-0.05, 0) is 29.5 Å². The van der Waals surface area contributed by atoms with Crippen molar-refractivity contribution in [1.82, 2.24) is 0 Å². The highest BCUT2D eigenvalue weighted by atomic mass is 35.5. The van der Waals surface area contributed by atoms with Crippen molar-refractivity contribution in [2.75, 3.05) is 23.7 Å². The van der Waals surface area contributed by atoms with Crippen LogP contribution in [0.3, 0.4) is 0 Å². The first-order valence-electron chi connectivity index (χ1n) is 5.68. The summed E-state index contributed by atoms with van der Waals surface area (Å²) < 4.78 is 0. The van der Waals surface area contributed by atoms with Crippen LogP contribution in [-0.4, -0.2) is 13.1 Å². The second kappa shape index (κ2) is 3.85. The van der Waals surface area contributed by atoms with E-state index in [4.69, 9.17) is 17.3 Å². The second-order valence-corrected chi connectivity index (χ2v) is 6.09. The summed E-state index contributed by atoms with van der Waals surface area (Å²) in [6, 6.07) is 5.74. The van der Waals surface area contributed by atoms with E-state index < -0.39 is 0 Å². The molecule has 2 rings (SSSR count). The van der Waals surface area contributed by atoms with E-state index in [9.17, 15) is 0 Å². The van der Waals surface area contributed by atoms with E-state index in [0.29, 0.717) is 5.41 Å². The number of hydrogen-bond donors (Lipinski definition) is 1. The Morgan fingerprint density at radius 3 is 2.44 bits per heavy atom. The molecule has 0 amide bonds. The molecule has 1 heterocycles. The third-order valence-electron chi connectivity index (χ3n) is 3.42. The molecule has 0 aliphatic carbocycles. The number of nitrogens with two attached hydrogens (primary N) is 1. The minimum Gasteiger partial charge on any atom is -0.399 e. The largest absolute Gasteiger partial charge is 0.399 e. The molecule has 16 heavy (non-hydrogen) atoms. The van der Waals surface area contributed by atoms with Crippen LogP contribution in [-0.2, 0) is 0 Å². The van der Waals surface area contributed by atoms with Crippen LogP contribution < -0.4 is 10.6 Å². The van der Waals surface area contributed by atoms with Gasteiger partial charge >= 0.3 is 0 Å². The van der Waals surface area contributed by atoms with E-state index in [1.54, 1.807) is 0 Å². The minimum atomic E-state index is 0.386. The average molecular weight is 239 g/mol. The highest BCUT2D eigenvalue weighted by Crippen LogP contribution is 2.39. The number of hydrogen-bond acceptors (Lipinski definition) is 2. The fourth-order valence-electron chi connectivity index (χ4n) is 2.00. The van der Waals surface area contributed by atoms with Crippen LogP contribution in [0, 0.1) is 11.3 Å². The predicted molar refractivity (Wildman–Crippen MR) is 71.0 cm³/mol. The van der Waals surface area contributed by atoms with E-state index in [2.05, 4.69) is 25.7 Å². The van der Waals surface area contributed by atoms with E-state index >= 15 is 0 Å². The number of benzene rings is 1. The van der Waals surface area contributed by atoms with Crippen LogP contribution in [0.15, 0.2) is 18.2 Å². The van der Waals surface area contributed by atoms with Crippen molar-refractivity contribution in [3.63, 3.8) is 0 Å². The van der Waals surface area contributed by atoms with Crippen molar-refractivity contribution in [1.29, 1.82) is 0 Å². The Bertz CT molecular complexity index is 389. The lowest BCUT2D eigenvalue weighted by Gasteiger charge is -2.47. The third kappa shape index (κ3) is 2.12. The Morgan fingerprint density at radius 2 is 1.94 bits per heavy atom. The van der Waals surface area contributed by atoms with Crippen molar-refractivity contribution in [2.45, 2.75) is 20.8 Å². The maximum Gasteiger partial charge on any atom is 0.0660 e. The Balaban J connectivity index is 2.07. The summed E-state index contributed by atoms with van der Waals surface area (Å²) in [6.45, 7) is 9.05. The molecule has 0 aromatic heterocycles. The molecular weight excluding hydrogens is 220 g/mol. The van der Waals surface area contributed by atoms with Gasteiger partial charge in [-0.3, -0.25) is 0 Å². The SMILES string of the molecule is CC(C)(C)C1CN(c2ccc(N)cc2Cl)C1. The van der Waals surface area contributed by atoms with Crippen LogP contribution in [0.4, 0.5) is 11.4 Å². The molecule has 0 radical (unpaired) electrons. The molecule has 0 atom stereocenters. The van der Waals surface area contributed by atoms with Gasteiger partial charge in [-0.25, -0.2) is 0 Å². The summed E-state index contributed by atoms with van der Waals surface area (Å²) in [5.74, 6) is 0.751. The quantitative estimate of drug-likeness (QED) is 0.760. The van der Waals surface area contributed by atoms with Gasteiger partial charge in [0.15, 0.2) is 0 Å². The first-order valence-corrected chi connectivity index (χ1v) is 6.05. The van der Waals surface area contributed by atoms with Crippen LogP contribution in [0.1, 0.15) is 20.8 Å². The Kier molecular flexibility index (Phi) is 2.79. The molecule has 1 fully saturated rings. The van der Waals surface area contributed by atoms with Crippen LogP contribution in [0.2, 0.25) is 5.02 Å². The predicted octanol–water partition coefficient (Wildman–Crippen LogP) is 3.40. The molecule has 0 unspecified atom stereocenters. The fraction of sp³-hybridized carbons (Fsp3) is 0.538. The highest BCUT2D eigenvalue weighted by Gasteiger charge is 2.36. The second-order valence-electron chi connectivity index (χ2n) is 5.68. The van der Waals surface area contributed by atoms with Crippen molar-refractivity contribution in [2.24, 2.45) is 11.3 Å². The Labute approximate surface area is 102 Å². The van der Waals surface area contributed by atoms with Crippen LogP contribution >= 0.6 is 11.6 Å². The molecule has 3 heteroatoms. The van der Waals surface area contributed by atoms with Crippen molar-refractivity contribution in [3.8, 4) is 0 Å². The number of halogens is 1. The zero-order valence-electron chi connectivity index (χ0n) is 10.1. The smallest absolute Gasteiger partial charge is 0.0660 e. The number of rotatable bonds is 1. The van der Waals surface area contributed by atoms with Gasteiger partial charge in [0.05, 0.1) is 10.7 Å². The maximum atomic E-state index is 6.18. The Morgan fingerprint density at radius 1 is 1.31 bits per heavy atom. The highest BCUT2D eigenvalue weighted by molar-refractivity contribution is 6.33. The zero-order valence-corrected chi connectivity index (χ0v) is 10.9. The minimum absolute atomic E-state index is 0.386. The van der Waals surface area contributed by atoms with Gasteiger partial charge in [-0.2, -0.15) is 0 Å². The van der Waals surface area contributed by atoms with Crippen molar-refractivity contribution >= 4 is 23.0 Å².